The number of nitrogens with two attached hydrogens (primary N) is 1. The van der Waals surface area contributed by atoms with E-state index in [0.29, 0.717) is 12.0 Å². The van der Waals surface area contributed by atoms with E-state index >= 15 is 0 Å². The lowest BCUT2D eigenvalue weighted by atomic mass is 10.2. The monoisotopic (exact) mass is 260 g/mol. The molecule has 1 aromatic carbocycles. The Hall–Kier alpha value is -0.980. The zero-order chi connectivity index (χ0) is 13.1. The molecule has 1 atom stereocenters. The maximum Gasteiger partial charge on any atom is 0.241 e. The van der Waals surface area contributed by atoms with E-state index < -0.39 is 15.8 Å². The van der Waals surface area contributed by atoms with Crippen molar-refractivity contribution in [1.29, 1.82) is 0 Å². The maximum absolute atomic E-state index is 12.9. The lowest BCUT2D eigenvalue weighted by Crippen LogP contribution is -2.39. The second-order valence-electron chi connectivity index (χ2n) is 3.87. The van der Waals surface area contributed by atoms with Crippen LogP contribution in [0.3, 0.4) is 0 Å². The van der Waals surface area contributed by atoms with Crippen LogP contribution in [0.15, 0.2) is 23.1 Å². The van der Waals surface area contributed by atoms with Crippen molar-refractivity contribution in [3.8, 4) is 0 Å². The fourth-order valence-corrected chi connectivity index (χ4v) is 3.05. The fourth-order valence-electron chi connectivity index (χ4n) is 1.50. The normalized spacial score (nSPS) is 13.6. The lowest BCUT2D eigenvalue weighted by molar-refractivity contribution is 0.541. The van der Waals surface area contributed by atoms with Gasteiger partial charge in [-0.3, -0.25) is 0 Å². The molecule has 0 saturated heterocycles. The Morgan fingerprint density at radius 3 is 2.59 bits per heavy atom. The van der Waals surface area contributed by atoms with Gasteiger partial charge in [-0.2, -0.15) is 0 Å². The maximum atomic E-state index is 12.9. The third-order valence-electron chi connectivity index (χ3n) is 2.53. The van der Waals surface area contributed by atoms with Gasteiger partial charge in [0.05, 0.1) is 4.90 Å². The molecule has 1 unspecified atom stereocenters. The Kier molecular flexibility index (Phi) is 4.62. The second-order valence-corrected chi connectivity index (χ2v) is 5.55. The van der Waals surface area contributed by atoms with E-state index in [2.05, 4.69) is 4.72 Å². The van der Waals surface area contributed by atoms with Crippen LogP contribution in [-0.2, 0) is 10.0 Å². The molecule has 0 amide bonds. The number of nitrogens with one attached hydrogen (secondary N) is 1. The zero-order valence-corrected chi connectivity index (χ0v) is 10.7. The molecule has 17 heavy (non-hydrogen) atoms. The standard InChI is InChI=1S/C11H17FN2O2S/c1-3-10(7-13)14-17(15,16)11-5-4-9(12)6-8(11)2/h4-6,10,14H,3,7,13H2,1-2H3. The van der Waals surface area contributed by atoms with Gasteiger partial charge in [-0.25, -0.2) is 17.5 Å². The van der Waals surface area contributed by atoms with E-state index in [0.717, 1.165) is 6.07 Å². The first-order valence-electron chi connectivity index (χ1n) is 5.39. The number of aryl methyl sites for hydroxylation is 1. The summed E-state index contributed by atoms with van der Waals surface area (Å²) < 4.78 is 39.4. The van der Waals surface area contributed by atoms with Crippen LogP contribution in [-0.4, -0.2) is 21.0 Å². The minimum Gasteiger partial charge on any atom is -0.329 e. The highest BCUT2D eigenvalue weighted by atomic mass is 32.2. The molecule has 1 aromatic rings. The summed E-state index contributed by atoms with van der Waals surface area (Å²) >= 11 is 0. The second kappa shape index (κ2) is 5.57. The van der Waals surface area contributed by atoms with Crippen molar-refractivity contribution in [2.45, 2.75) is 31.2 Å². The largest absolute Gasteiger partial charge is 0.329 e. The van der Waals surface area contributed by atoms with Gasteiger partial charge in [0.15, 0.2) is 0 Å². The van der Waals surface area contributed by atoms with Crippen LogP contribution in [0.25, 0.3) is 0 Å². The minimum absolute atomic E-state index is 0.0887. The van der Waals surface area contributed by atoms with Crippen LogP contribution in [0.4, 0.5) is 4.39 Å². The molecule has 0 aromatic heterocycles. The summed E-state index contributed by atoms with van der Waals surface area (Å²) in [5.41, 5.74) is 5.82. The van der Waals surface area contributed by atoms with Gasteiger partial charge in [0.1, 0.15) is 5.82 Å². The van der Waals surface area contributed by atoms with E-state index in [1.807, 2.05) is 6.92 Å². The number of rotatable bonds is 5. The number of hydrogen-bond acceptors (Lipinski definition) is 3. The van der Waals surface area contributed by atoms with E-state index in [4.69, 9.17) is 5.73 Å². The summed E-state index contributed by atoms with van der Waals surface area (Å²) in [5, 5.41) is 0. The van der Waals surface area contributed by atoms with Crippen LogP contribution in [0.2, 0.25) is 0 Å². The van der Waals surface area contributed by atoms with E-state index in [-0.39, 0.29) is 17.5 Å². The number of hydrogen-bond donors (Lipinski definition) is 2. The molecule has 0 bridgehead atoms. The zero-order valence-electron chi connectivity index (χ0n) is 9.90. The number of halogens is 1. The van der Waals surface area contributed by atoms with Gasteiger partial charge in [0, 0.05) is 12.6 Å². The molecule has 0 aliphatic heterocycles. The smallest absolute Gasteiger partial charge is 0.241 e. The van der Waals surface area contributed by atoms with Crippen molar-refractivity contribution in [2.75, 3.05) is 6.54 Å². The van der Waals surface area contributed by atoms with Crippen LogP contribution in [0.1, 0.15) is 18.9 Å². The van der Waals surface area contributed by atoms with Crippen molar-refractivity contribution >= 4 is 10.0 Å². The highest BCUT2D eigenvalue weighted by Gasteiger charge is 2.20. The Morgan fingerprint density at radius 1 is 1.47 bits per heavy atom. The van der Waals surface area contributed by atoms with Crippen LogP contribution in [0.5, 0.6) is 0 Å². The molecule has 0 radical (unpaired) electrons. The molecule has 0 heterocycles. The summed E-state index contributed by atoms with van der Waals surface area (Å²) in [7, 11) is -3.63. The van der Waals surface area contributed by atoms with Crippen molar-refractivity contribution in [3.63, 3.8) is 0 Å². The minimum atomic E-state index is -3.63. The molecule has 0 aliphatic carbocycles. The van der Waals surface area contributed by atoms with Crippen LogP contribution < -0.4 is 10.5 Å². The summed E-state index contributed by atoms with van der Waals surface area (Å²) in [5.74, 6) is -0.452. The third-order valence-corrected chi connectivity index (χ3v) is 4.21. The first-order valence-corrected chi connectivity index (χ1v) is 6.87. The highest BCUT2D eigenvalue weighted by Crippen LogP contribution is 2.16. The first-order chi connectivity index (χ1) is 7.90. The molecule has 0 spiro atoms. The molecule has 0 aliphatic rings. The molecular weight excluding hydrogens is 243 g/mol. The predicted octanol–water partition coefficient (Wildman–Crippen LogP) is 1.15. The Balaban J connectivity index is 3.05. The quantitative estimate of drug-likeness (QED) is 0.834. The Labute approximate surface area is 101 Å². The van der Waals surface area contributed by atoms with E-state index in [9.17, 15) is 12.8 Å². The third kappa shape index (κ3) is 3.49. The fraction of sp³-hybridized carbons (Fsp3) is 0.455. The molecule has 0 fully saturated rings. The molecule has 3 N–H and O–H groups in total. The van der Waals surface area contributed by atoms with Gasteiger partial charge >= 0.3 is 0 Å². The molecule has 4 nitrogen and oxygen atoms in total. The lowest BCUT2D eigenvalue weighted by Gasteiger charge is -2.16. The average molecular weight is 260 g/mol. The number of sulfonamides is 1. The first kappa shape index (κ1) is 14.1. The summed E-state index contributed by atoms with van der Waals surface area (Å²) in [6, 6.07) is 3.28. The average Bonchev–Trinajstić information content (AvgIpc) is 2.25. The van der Waals surface area contributed by atoms with Gasteiger partial charge in [0.2, 0.25) is 10.0 Å². The van der Waals surface area contributed by atoms with Crippen molar-refractivity contribution in [1.82, 2.24) is 4.72 Å². The Morgan fingerprint density at radius 2 is 2.12 bits per heavy atom. The van der Waals surface area contributed by atoms with Gasteiger partial charge in [-0.15, -0.1) is 0 Å². The number of benzene rings is 1. The van der Waals surface area contributed by atoms with Gasteiger partial charge in [-0.1, -0.05) is 6.92 Å². The highest BCUT2D eigenvalue weighted by molar-refractivity contribution is 7.89. The van der Waals surface area contributed by atoms with Crippen molar-refractivity contribution in [3.05, 3.63) is 29.6 Å². The summed E-state index contributed by atoms with van der Waals surface area (Å²) in [6.45, 7) is 3.63. The summed E-state index contributed by atoms with van der Waals surface area (Å²) in [4.78, 5) is 0.0887. The van der Waals surface area contributed by atoms with E-state index in [1.165, 1.54) is 12.1 Å². The van der Waals surface area contributed by atoms with Crippen molar-refractivity contribution < 1.29 is 12.8 Å². The summed E-state index contributed by atoms with van der Waals surface area (Å²) in [6.07, 6.45) is 0.607. The molecule has 1 rings (SSSR count). The topological polar surface area (TPSA) is 72.2 Å². The predicted molar refractivity (Wildman–Crippen MR) is 64.6 cm³/mol. The molecular formula is C11H17FN2O2S. The van der Waals surface area contributed by atoms with Crippen molar-refractivity contribution in [2.24, 2.45) is 5.73 Å². The Bertz CT molecular complexity index is 484. The molecule has 6 heteroatoms. The van der Waals surface area contributed by atoms with Gasteiger partial charge in [0.25, 0.3) is 0 Å². The molecule has 0 saturated carbocycles. The van der Waals surface area contributed by atoms with Crippen LogP contribution in [0, 0.1) is 12.7 Å². The van der Waals surface area contributed by atoms with Gasteiger partial charge < -0.3 is 5.73 Å². The molecule has 96 valence electrons. The SMILES string of the molecule is CCC(CN)NS(=O)(=O)c1ccc(F)cc1C. The van der Waals surface area contributed by atoms with E-state index in [1.54, 1.807) is 6.92 Å². The van der Waals surface area contributed by atoms with Crippen LogP contribution >= 0.6 is 0 Å². The van der Waals surface area contributed by atoms with Gasteiger partial charge in [-0.05, 0) is 37.1 Å².